The van der Waals surface area contributed by atoms with Crippen LogP contribution in [0, 0.1) is 6.92 Å². The molecule has 0 aromatic heterocycles. The molecule has 1 fully saturated rings. The fourth-order valence-electron chi connectivity index (χ4n) is 2.47. The Balaban J connectivity index is 2.27. The van der Waals surface area contributed by atoms with Crippen LogP contribution in [0.3, 0.4) is 0 Å². The van der Waals surface area contributed by atoms with Gasteiger partial charge < -0.3 is 20.5 Å². The van der Waals surface area contributed by atoms with E-state index in [4.69, 9.17) is 15.2 Å². The van der Waals surface area contributed by atoms with Crippen LogP contribution < -0.4 is 20.5 Å². The fourth-order valence-corrected chi connectivity index (χ4v) is 2.47. The summed E-state index contributed by atoms with van der Waals surface area (Å²) in [5.41, 5.74) is 8.61. The monoisotopic (exact) mass is 265 g/mol. The summed E-state index contributed by atoms with van der Waals surface area (Å²) in [6.07, 6.45) is -0.0955. The van der Waals surface area contributed by atoms with Gasteiger partial charge in [-0.1, -0.05) is 0 Å². The number of nitrogens with two attached hydrogens (primary N) is 1. The maximum Gasteiger partial charge on any atom is 0.161 e. The Bertz CT molecular complexity index is 431. The van der Waals surface area contributed by atoms with Crippen LogP contribution in [0.2, 0.25) is 0 Å². The normalized spacial score (nSPS) is 18.1. The van der Waals surface area contributed by atoms with Gasteiger partial charge in [-0.05, 0) is 30.2 Å². The summed E-state index contributed by atoms with van der Waals surface area (Å²) < 4.78 is 10.7. The maximum atomic E-state index is 6.39. The topological polar surface area (TPSA) is 59.8 Å². The Labute approximate surface area is 114 Å². The Morgan fingerprint density at radius 2 is 1.74 bits per heavy atom. The lowest BCUT2D eigenvalue weighted by molar-refractivity contribution is 0.176. The van der Waals surface area contributed by atoms with E-state index in [2.05, 4.69) is 17.1 Å². The highest BCUT2D eigenvalue weighted by molar-refractivity contribution is 5.47. The molecule has 1 atom stereocenters. The van der Waals surface area contributed by atoms with Gasteiger partial charge in [-0.15, -0.1) is 0 Å². The second kappa shape index (κ2) is 6.23. The van der Waals surface area contributed by atoms with Crippen molar-refractivity contribution in [2.24, 2.45) is 5.73 Å². The minimum absolute atomic E-state index is 0.0955. The number of methoxy groups -OCH3 is 2. The summed E-state index contributed by atoms with van der Waals surface area (Å²) >= 11 is 0. The summed E-state index contributed by atoms with van der Waals surface area (Å²) in [6.45, 7) is 5.96. The number of hydrogen-bond donors (Lipinski definition) is 2. The highest BCUT2D eigenvalue weighted by atomic mass is 16.5. The van der Waals surface area contributed by atoms with E-state index in [0.29, 0.717) is 0 Å². The van der Waals surface area contributed by atoms with Crippen LogP contribution in [0.1, 0.15) is 17.3 Å². The van der Waals surface area contributed by atoms with Crippen LogP contribution in [-0.4, -0.2) is 45.3 Å². The lowest BCUT2D eigenvalue weighted by atomic mass is 10.0. The maximum absolute atomic E-state index is 6.39. The van der Waals surface area contributed by atoms with Gasteiger partial charge in [0.15, 0.2) is 11.5 Å². The zero-order valence-corrected chi connectivity index (χ0v) is 11.9. The third-order valence-corrected chi connectivity index (χ3v) is 3.64. The second-order valence-electron chi connectivity index (χ2n) is 4.79. The van der Waals surface area contributed by atoms with E-state index < -0.39 is 0 Å². The number of benzene rings is 1. The van der Waals surface area contributed by atoms with Gasteiger partial charge >= 0.3 is 0 Å². The van der Waals surface area contributed by atoms with E-state index in [1.54, 1.807) is 14.2 Å². The highest BCUT2D eigenvalue weighted by Gasteiger charge is 2.21. The second-order valence-corrected chi connectivity index (χ2v) is 4.79. The minimum atomic E-state index is -0.0955. The quantitative estimate of drug-likeness (QED) is 0.846. The predicted molar refractivity (Wildman–Crippen MR) is 75.7 cm³/mol. The average molecular weight is 265 g/mol. The van der Waals surface area contributed by atoms with Gasteiger partial charge in [-0.3, -0.25) is 4.90 Å². The molecule has 0 bridgehead atoms. The Morgan fingerprint density at radius 1 is 1.16 bits per heavy atom. The van der Waals surface area contributed by atoms with E-state index in [1.807, 2.05) is 12.1 Å². The van der Waals surface area contributed by atoms with Gasteiger partial charge in [-0.2, -0.15) is 0 Å². The highest BCUT2D eigenvalue weighted by Crippen LogP contribution is 2.33. The summed E-state index contributed by atoms with van der Waals surface area (Å²) in [5.74, 6) is 1.48. The van der Waals surface area contributed by atoms with Crippen molar-refractivity contribution in [3.63, 3.8) is 0 Å². The third-order valence-electron chi connectivity index (χ3n) is 3.64. The largest absolute Gasteiger partial charge is 0.493 e. The van der Waals surface area contributed by atoms with Gasteiger partial charge in [0.25, 0.3) is 0 Å². The van der Waals surface area contributed by atoms with E-state index in [9.17, 15) is 0 Å². The lowest BCUT2D eigenvalue weighted by Crippen LogP contribution is -2.47. The average Bonchev–Trinajstić information content (AvgIpc) is 2.47. The molecule has 0 amide bonds. The minimum Gasteiger partial charge on any atom is -0.493 e. The molecule has 5 heteroatoms. The molecule has 0 spiro atoms. The molecular formula is C14H23N3O2. The van der Waals surface area contributed by atoms with Crippen LogP contribution in [0.5, 0.6) is 11.5 Å². The van der Waals surface area contributed by atoms with Gasteiger partial charge in [0, 0.05) is 26.2 Å². The Kier molecular flexibility index (Phi) is 4.63. The third kappa shape index (κ3) is 3.00. The summed E-state index contributed by atoms with van der Waals surface area (Å²) in [4.78, 5) is 2.28. The molecule has 1 aromatic carbocycles. The smallest absolute Gasteiger partial charge is 0.161 e. The van der Waals surface area contributed by atoms with Crippen molar-refractivity contribution in [3.8, 4) is 11.5 Å². The number of nitrogens with zero attached hydrogens (tertiary/aromatic N) is 1. The van der Waals surface area contributed by atoms with Crippen LogP contribution in [0.15, 0.2) is 12.1 Å². The van der Waals surface area contributed by atoms with Gasteiger partial charge in [0.2, 0.25) is 0 Å². The van der Waals surface area contributed by atoms with Crippen molar-refractivity contribution in [1.82, 2.24) is 10.2 Å². The zero-order valence-electron chi connectivity index (χ0n) is 11.9. The van der Waals surface area contributed by atoms with Crippen molar-refractivity contribution < 1.29 is 9.47 Å². The summed E-state index contributed by atoms with van der Waals surface area (Å²) in [6, 6.07) is 3.97. The zero-order chi connectivity index (χ0) is 13.8. The van der Waals surface area contributed by atoms with Crippen LogP contribution in [0.4, 0.5) is 0 Å². The first-order valence-electron chi connectivity index (χ1n) is 6.60. The predicted octanol–water partition coefficient (Wildman–Crippen LogP) is 0.875. The number of aryl methyl sites for hydroxylation is 1. The number of nitrogens with one attached hydrogen (secondary N) is 1. The molecule has 2 rings (SSSR count). The molecule has 1 saturated heterocycles. The van der Waals surface area contributed by atoms with Crippen molar-refractivity contribution in [2.75, 3.05) is 40.4 Å². The van der Waals surface area contributed by atoms with Crippen molar-refractivity contribution in [3.05, 3.63) is 23.3 Å². The molecule has 0 aliphatic carbocycles. The van der Waals surface area contributed by atoms with Crippen LogP contribution in [-0.2, 0) is 0 Å². The van der Waals surface area contributed by atoms with E-state index >= 15 is 0 Å². The van der Waals surface area contributed by atoms with Crippen LogP contribution >= 0.6 is 0 Å². The first-order chi connectivity index (χ1) is 9.17. The van der Waals surface area contributed by atoms with Gasteiger partial charge in [0.1, 0.15) is 0 Å². The molecular weight excluding hydrogens is 242 g/mol. The first-order valence-corrected chi connectivity index (χ1v) is 6.60. The molecule has 1 heterocycles. The van der Waals surface area contributed by atoms with Gasteiger partial charge in [0.05, 0.1) is 20.4 Å². The van der Waals surface area contributed by atoms with Gasteiger partial charge in [-0.25, -0.2) is 0 Å². The Hall–Kier alpha value is -1.30. The molecule has 106 valence electrons. The number of hydrogen-bond acceptors (Lipinski definition) is 5. The van der Waals surface area contributed by atoms with E-state index in [1.165, 1.54) is 0 Å². The fraction of sp³-hybridized carbons (Fsp3) is 0.571. The summed E-state index contributed by atoms with van der Waals surface area (Å²) in [5, 5.41) is 3.33. The molecule has 1 aromatic rings. The summed E-state index contributed by atoms with van der Waals surface area (Å²) in [7, 11) is 3.29. The standard InChI is InChI=1S/C14H23N3O2/c1-10-8-12(18-2)13(19-3)9-11(10)14(15)17-6-4-16-5-7-17/h8-9,14,16H,4-7,15H2,1-3H3. The van der Waals surface area contributed by atoms with E-state index in [-0.39, 0.29) is 6.17 Å². The Morgan fingerprint density at radius 3 is 2.32 bits per heavy atom. The molecule has 1 unspecified atom stereocenters. The molecule has 19 heavy (non-hydrogen) atoms. The first kappa shape index (κ1) is 14.1. The molecule has 3 N–H and O–H groups in total. The molecule has 5 nitrogen and oxygen atoms in total. The molecule has 0 radical (unpaired) electrons. The van der Waals surface area contributed by atoms with Crippen molar-refractivity contribution in [1.29, 1.82) is 0 Å². The number of ether oxygens (including phenoxy) is 2. The number of piperazine rings is 1. The SMILES string of the molecule is COc1cc(C)c(C(N)N2CCNCC2)cc1OC. The van der Waals surface area contributed by atoms with Crippen molar-refractivity contribution in [2.45, 2.75) is 13.1 Å². The van der Waals surface area contributed by atoms with Crippen molar-refractivity contribution >= 4 is 0 Å². The lowest BCUT2D eigenvalue weighted by Gasteiger charge is -2.33. The van der Waals surface area contributed by atoms with E-state index in [0.717, 1.165) is 48.8 Å². The van der Waals surface area contributed by atoms with Crippen LogP contribution in [0.25, 0.3) is 0 Å². The molecule has 0 saturated carbocycles. The molecule has 1 aliphatic heterocycles. The molecule has 1 aliphatic rings. The number of rotatable bonds is 4.